The number of anilines is 1. The minimum absolute atomic E-state index is 0.165. The van der Waals surface area contributed by atoms with Gasteiger partial charge >= 0.3 is 5.82 Å². The fourth-order valence-corrected chi connectivity index (χ4v) is 4.84. The van der Waals surface area contributed by atoms with Gasteiger partial charge in [-0.1, -0.05) is 6.92 Å². The molecule has 0 spiro atoms. The van der Waals surface area contributed by atoms with Crippen molar-refractivity contribution in [3.63, 3.8) is 0 Å². The molecule has 1 N–H and O–H groups in total. The van der Waals surface area contributed by atoms with Crippen LogP contribution in [0, 0.1) is 34.3 Å². The highest BCUT2D eigenvalue weighted by Crippen LogP contribution is 2.39. The molecule has 2 aromatic rings. The topological polar surface area (TPSA) is 114 Å². The Morgan fingerprint density at radius 1 is 1.62 bits per heavy atom. The lowest BCUT2D eigenvalue weighted by molar-refractivity contribution is -0.390. The molecule has 136 valence electrons. The Morgan fingerprint density at radius 3 is 2.96 bits per heavy atom. The molecule has 2 aromatic heterocycles. The standard InChI is InChI=1S/C16H16BrN5O3S/c1-8-3-4-10-11(6-18)16(26-12(10)5-8)19-13(23)7-21-9(2)14(17)15(20-21)22(24)25/h8H,3-5,7H2,1-2H3,(H,19,23)/t8-/m0/s1. The van der Waals surface area contributed by atoms with E-state index in [9.17, 15) is 20.2 Å². The fraction of sp³-hybridized carbons (Fsp3) is 0.438. The first-order valence-electron chi connectivity index (χ1n) is 8.03. The second-order valence-electron chi connectivity index (χ2n) is 6.35. The van der Waals surface area contributed by atoms with Crippen molar-refractivity contribution < 1.29 is 9.72 Å². The predicted octanol–water partition coefficient (Wildman–Crippen LogP) is 3.56. The number of aromatic nitrogens is 2. The van der Waals surface area contributed by atoms with Crippen molar-refractivity contribution in [3.05, 3.63) is 36.3 Å². The van der Waals surface area contributed by atoms with Gasteiger partial charge < -0.3 is 15.4 Å². The van der Waals surface area contributed by atoms with Crippen molar-refractivity contribution in [3.8, 4) is 6.07 Å². The third kappa shape index (κ3) is 3.37. The number of thiophene rings is 1. The largest absolute Gasteiger partial charge is 0.404 e. The molecule has 26 heavy (non-hydrogen) atoms. The Labute approximate surface area is 162 Å². The Bertz CT molecular complexity index is 943. The number of nitro groups is 1. The number of amides is 1. The minimum Gasteiger partial charge on any atom is -0.358 e. The first kappa shape index (κ1) is 18.5. The number of fused-ring (bicyclic) bond motifs is 1. The van der Waals surface area contributed by atoms with Crippen LogP contribution in [0.3, 0.4) is 0 Å². The van der Waals surface area contributed by atoms with Crippen molar-refractivity contribution >= 4 is 44.0 Å². The summed E-state index contributed by atoms with van der Waals surface area (Å²) in [6.07, 6.45) is 2.81. The summed E-state index contributed by atoms with van der Waals surface area (Å²) in [5.74, 6) is -0.129. The maximum atomic E-state index is 12.4. The zero-order chi connectivity index (χ0) is 19.0. The van der Waals surface area contributed by atoms with Gasteiger partial charge in [0.15, 0.2) is 0 Å². The Hall–Kier alpha value is -2.25. The second kappa shape index (κ2) is 7.17. The van der Waals surface area contributed by atoms with Gasteiger partial charge in [0.25, 0.3) is 0 Å². The molecule has 8 nitrogen and oxygen atoms in total. The zero-order valence-electron chi connectivity index (χ0n) is 14.2. The van der Waals surface area contributed by atoms with E-state index in [1.807, 2.05) is 0 Å². The van der Waals surface area contributed by atoms with Gasteiger partial charge in [0, 0.05) is 4.88 Å². The van der Waals surface area contributed by atoms with E-state index in [0.717, 1.165) is 29.7 Å². The van der Waals surface area contributed by atoms with E-state index < -0.39 is 4.92 Å². The monoisotopic (exact) mass is 437 g/mol. The van der Waals surface area contributed by atoms with Crippen LogP contribution in [0.2, 0.25) is 0 Å². The molecule has 10 heteroatoms. The summed E-state index contributed by atoms with van der Waals surface area (Å²) < 4.78 is 1.53. The van der Waals surface area contributed by atoms with Crippen LogP contribution >= 0.6 is 27.3 Å². The molecular formula is C16H16BrN5O3S. The highest BCUT2D eigenvalue weighted by Gasteiger charge is 2.27. The molecule has 3 rings (SSSR count). The highest BCUT2D eigenvalue weighted by atomic mass is 79.9. The Kier molecular flexibility index (Phi) is 5.11. The van der Waals surface area contributed by atoms with E-state index in [1.54, 1.807) is 6.92 Å². The number of hydrogen-bond acceptors (Lipinski definition) is 6. The predicted molar refractivity (Wildman–Crippen MR) is 100 cm³/mol. The van der Waals surface area contributed by atoms with E-state index in [-0.39, 0.29) is 22.7 Å². The van der Waals surface area contributed by atoms with Crippen LogP contribution in [0.15, 0.2) is 4.47 Å². The van der Waals surface area contributed by atoms with Gasteiger partial charge in [0.1, 0.15) is 22.1 Å². The molecule has 0 aliphatic heterocycles. The van der Waals surface area contributed by atoms with Gasteiger partial charge in [-0.3, -0.25) is 4.79 Å². The Balaban J connectivity index is 1.81. The zero-order valence-corrected chi connectivity index (χ0v) is 16.6. The fourth-order valence-electron chi connectivity index (χ4n) is 3.04. The summed E-state index contributed by atoms with van der Waals surface area (Å²) in [7, 11) is 0. The van der Waals surface area contributed by atoms with Crippen molar-refractivity contribution in [1.29, 1.82) is 5.26 Å². The van der Waals surface area contributed by atoms with Crippen molar-refractivity contribution in [2.45, 2.75) is 39.7 Å². The van der Waals surface area contributed by atoms with Crippen molar-refractivity contribution in [2.75, 3.05) is 5.32 Å². The summed E-state index contributed by atoms with van der Waals surface area (Å²) in [6.45, 7) is 3.66. The van der Waals surface area contributed by atoms with Gasteiger partial charge in [-0.15, -0.1) is 11.3 Å². The van der Waals surface area contributed by atoms with Gasteiger partial charge in [-0.05, 0) is 58.5 Å². The number of nitrogens with zero attached hydrogens (tertiary/aromatic N) is 4. The lowest BCUT2D eigenvalue weighted by atomic mass is 9.89. The van der Waals surface area contributed by atoms with Gasteiger partial charge in [0.2, 0.25) is 5.91 Å². The van der Waals surface area contributed by atoms with E-state index in [2.05, 4.69) is 39.3 Å². The molecule has 0 aromatic carbocycles. The third-order valence-corrected chi connectivity index (χ3v) is 6.56. The van der Waals surface area contributed by atoms with Crippen LogP contribution in [-0.2, 0) is 24.2 Å². The van der Waals surface area contributed by atoms with E-state index >= 15 is 0 Å². The summed E-state index contributed by atoms with van der Waals surface area (Å²) in [4.78, 5) is 23.9. The molecule has 0 unspecified atom stereocenters. The third-order valence-electron chi connectivity index (χ3n) is 4.46. The number of carbonyl (C=O) groups is 1. The molecule has 0 saturated heterocycles. The van der Waals surface area contributed by atoms with Crippen LogP contribution < -0.4 is 5.32 Å². The van der Waals surface area contributed by atoms with Crippen LogP contribution in [-0.4, -0.2) is 20.6 Å². The van der Waals surface area contributed by atoms with Crippen LogP contribution in [0.25, 0.3) is 0 Å². The summed E-state index contributed by atoms with van der Waals surface area (Å²) >= 11 is 4.57. The second-order valence-corrected chi connectivity index (χ2v) is 8.25. The molecule has 0 fully saturated rings. The number of rotatable bonds is 4. The van der Waals surface area contributed by atoms with Crippen LogP contribution in [0.1, 0.15) is 35.0 Å². The minimum atomic E-state index is -0.603. The Morgan fingerprint density at radius 2 is 2.35 bits per heavy atom. The van der Waals surface area contributed by atoms with Gasteiger partial charge in [-0.2, -0.15) is 9.94 Å². The summed E-state index contributed by atoms with van der Waals surface area (Å²) in [5.41, 5.74) is 2.07. The number of hydrogen-bond donors (Lipinski definition) is 1. The first-order chi connectivity index (χ1) is 12.3. The molecule has 1 atom stereocenters. The SMILES string of the molecule is Cc1c(Br)c([N+](=O)[O-])nn1CC(=O)Nc1sc2c(c1C#N)CC[C@H](C)C2. The maximum absolute atomic E-state index is 12.4. The van der Waals surface area contributed by atoms with Crippen molar-refractivity contribution in [1.82, 2.24) is 9.78 Å². The molecule has 0 radical (unpaired) electrons. The number of carbonyl (C=O) groups excluding carboxylic acids is 1. The highest BCUT2D eigenvalue weighted by molar-refractivity contribution is 9.10. The maximum Gasteiger partial charge on any atom is 0.404 e. The molecule has 1 aliphatic rings. The normalized spacial score (nSPS) is 16.0. The smallest absolute Gasteiger partial charge is 0.358 e. The molecule has 1 aliphatic carbocycles. The molecule has 2 heterocycles. The lowest BCUT2D eigenvalue weighted by Crippen LogP contribution is -2.20. The van der Waals surface area contributed by atoms with Crippen molar-refractivity contribution in [2.24, 2.45) is 5.92 Å². The van der Waals surface area contributed by atoms with E-state index in [4.69, 9.17) is 0 Å². The summed E-state index contributed by atoms with van der Waals surface area (Å²) in [6, 6.07) is 2.20. The average molecular weight is 438 g/mol. The molecule has 1 amide bonds. The van der Waals surface area contributed by atoms with E-state index in [0.29, 0.717) is 22.2 Å². The number of halogens is 1. The lowest BCUT2D eigenvalue weighted by Gasteiger charge is -2.17. The van der Waals surface area contributed by atoms with Gasteiger partial charge in [-0.25, -0.2) is 0 Å². The first-order valence-corrected chi connectivity index (χ1v) is 9.64. The number of nitrogens with one attached hydrogen (secondary N) is 1. The number of nitriles is 1. The molecular weight excluding hydrogens is 422 g/mol. The van der Waals surface area contributed by atoms with E-state index in [1.165, 1.54) is 16.0 Å². The van der Waals surface area contributed by atoms with Crippen LogP contribution in [0.4, 0.5) is 10.8 Å². The molecule has 0 saturated carbocycles. The quantitative estimate of drug-likeness (QED) is 0.579. The van der Waals surface area contributed by atoms with Crippen LogP contribution in [0.5, 0.6) is 0 Å². The summed E-state index contributed by atoms with van der Waals surface area (Å²) in [5, 5.41) is 27.6. The average Bonchev–Trinajstić information content (AvgIpc) is 3.05. The molecule has 0 bridgehead atoms. The van der Waals surface area contributed by atoms with Gasteiger partial charge in [0.05, 0.1) is 16.4 Å².